The maximum absolute atomic E-state index is 6.04. The quantitative estimate of drug-likeness (QED) is 0.386. The molecule has 1 aromatic rings. The number of nitrogens with one attached hydrogen (secondary N) is 1. The first-order valence-corrected chi connectivity index (χ1v) is 9.24. The molecule has 1 fully saturated rings. The van der Waals surface area contributed by atoms with Crippen molar-refractivity contribution in [1.82, 2.24) is 15.1 Å². The summed E-state index contributed by atoms with van der Waals surface area (Å²) in [6, 6.07) is 8.24. The third-order valence-electron chi connectivity index (χ3n) is 4.60. The fourth-order valence-electron chi connectivity index (χ4n) is 3.00. The molecule has 3 N–H and O–H groups in total. The highest BCUT2D eigenvalue weighted by molar-refractivity contribution is 5.77. The van der Waals surface area contributed by atoms with E-state index in [0.717, 1.165) is 51.6 Å². The molecule has 1 heterocycles. The molecule has 0 bridgehead atoms. The molecule has 1 aliphatic heterocycles. The molecule has 1 saturated heterocycles. The minimum absolute atomic E-state index is 0.152. The number of ether oxygens (including phenoxy) is 2. The van der Waals surface area contributed by atoms with E-state index < -0.39 is 0 Å². The maximum Gasteiger partial charge on any atom is 0.188 e. The summed E-state index contributed by atoms with van der Waals surface area (Å²) >= 11 is 0. The number of nitrogens with two attached hydrogens (primary N) is 1. The number of benzene rings is 1. The van der Waals surface area contributed by atoms with Gasteiger partial charge in [-0.1, -0.05) is 12.1 Å². The molecule has 146 valence electrons. The maximum atomic E-state index is 6.04. The Bertz CT molecular complexity index is 559. The highest BCUT2D eigenvalue weighted by atomic mass is 16.5. The predicted octanol–water partition coefficient (Wildman–Crippen LogP) is 0.925. The number of nitrogens with zero attached hydrogens (tertiary/aromatic N) is 3. The molecule has 7 nitrogen and oxygen atoms in total. The van der Waals surface area contributed by atoms with Gasteiger partial charge >= 0.3 is 0 Å². The number of hydrogen-bond acceptors (Lipinski definition) is 5. The van der Waals surface area contributed by atoms with Crippen LogP contribution in [0.15, 0.2) is 29.3 Å². The van der Waals surface area contributed by atoms with Crippen LogP contribution in [0.4, 0.5) is 0 Å². The fraction of sp³-hybridized carbons (Fsp3) is 0.632. The number of aliphatic imine (C=N–C) groups is 1. The molecule has 1 unspecified atom stereocenters. The van der Waals surface area contributed by atoms with E-state index >= 15 is 0 Å². The van der Waals surface area contributed by atoms with Gasteiger partial charge < -0.3 is 25.4 Å². The van der Waals surface area contributed by atoms with Crippen molar-refractivity contribution in [2.24, 2.45) is 10.7 Å². The summed E-state index contributed by atoms with van der Waals surface area (Å²) in [5.74, 6) is 1.36. The van der Waals surface area contributed by atoms with Gasteiger partial charge in [-0.3, -0.25) is 9.89 Å². The first kappa shape index (κ1) is 20.5. The van der Waals surface area contributed by atoms with E-state index in [4.69, 9.17) is 15.2 Å². The van der Waals surface area contributed by atoms with Gasteiger partial charge in [0.25, 0.3) is 0 Å². The molecule has 0 aliphatic carbocycles. The Hall–Kier alpha value is -1.83. The monoisotopic (exact) mass is 363 g/mol. The minimum atomic E-state index is 0.152. The van der Waals surface area contributed by atoms with Gasteiger partial charge in [-0.25, -0.2) is 0 Å². The molecule has 0 spiro atoms. The Kier molecular flexibility index (Phi) is 8.67. The van der Waals surface area contributed by atoms with Crippen LogP contribution in [-0.2, 0) is 4.74 Å². The molecule has 1 atom stereocenters. The molecule has 0 saturated carbocycles. The zero-order valence-corrected chi connectivity index (χ0v) is 16.3. The summed E-state index contributed by atoms with van der Waals surface area (Å²) in [7, 11) is 5.78. The molecule has 0 amide bonds. The highest BCUT2D eigenvalue weighted by Gasteiger charge is 2.14. The van der Waals surface area contributed by atoms with E-state index in [1.54, 1.807) is 7.11 Å². The molecule has 1 aliphatic rings. The summed E-state index contributed by atoms with van der Waals surface area (Å²) in [5.41, 5.74) is 7.20. The Balaban J connectivity index is 1.78. The Morgan fingerprint density at radius 3 is 2.85 bits per heavy atom. The van der Waals surface area contributed by atoms with E-state index in [2.05, 4.69) is 26.2 Å². The summed E-state index contributed by atoms with van der Waals surface area (Å²) < 4.78 is 10.7. The number of rotatable bonds is 9. The predicted molar refractivity (Wildman–Crippen MR) is 106 cm³/mol. The van der Waals surface area contributed by atoms with Crippen molar-refractivity contribution >= 4 is 5.96 Å². The second-order valence-corrected chi connectivity index (χ2v) is 6.72. The van der Waals surface area contributed by atoms with E-state index in [1.165, 1.54) is 5.56 Å². The summed E-state index contributed by atoms with van der Waals surface area (Å²) in [6.07, 6.45) is 1.04. The second kappa shape index (κ2) is 11.0. The van der Waals surface area contributed by atoms with Gasteiger partial charge in [-0.05, 0) is 44.8 Å². The van der Waals surface area contributed by atoms with E-state index in [1.807, 2.05) is 32.3 Å². The van der Waals surface area contributed by atoms with Crippen LogP contribution in [0.5, 0.6) is 5.75 Å². The van der Waals surface area contributed by atoms with Crippen LogP contribution in [-0.4, -0.2) is 82.9 Å². The second-order valence-electron chi connectivity index (χ2n) is 6.72. The van der Waals surface area contributed by atoms with Crippen LogP contribution in [0.2, 0.25) is 0 Å². The van der Waals surface area contributed by atoms with E-state index in [0.29, 0.717) is 12.5 Å². The van der Waals surface area contributed by atoms with Crippen molar-refractivity contribution in [2.75, 3.05) is 67.1 Å². The number of morpholine rings is 1. The first-order valence-electron chi connectivity index (χ1n) is 9.24. The van der Waals surface area contributed by atoms with Crippen molar-refractivity contribution < 1.29 is 9.47 Å². The van der Waals surface area contributed by atoms with E-state index in [9.17, 15) is 0 Å². The van der Waals surface area contributed by atoms with Crippen LogP contribution in [0, 0.1) is 0 Å². The normalized spacial score (nSPS) is 17.3. The lowest BCUT2D eigenvalue weighted by Crippen LogP contribution is -2.39. The van der Waals surface area contributed by atoms with E-state index in [-0.39, 0.29) is 6.04 Å². The molecular formula is C19H33N5O2. The van der Waals surface area contributed by atoms with Crippen molar-refractivity contribution in [1.29, 1.82) is 0 Å². The van der Waals surface area contributed by atoms with Gasteiger partial charge in [0.2, 0.25) is 0 Å². The summed E-state index contributed by atoms with van der Waals surface area (Å²) in [6.45, 7) is 6.22. The largest absolute Gasteiger partial charge is 0.497 e. The topological polar surface area (TPSA) is 75.3 Å². The molecule has 26 heavy (non-hydrogen) atoms. The first-order chi connectivity index (χ1) is 12.6. The number of methoxy groups -OCH3 is 1. The van der Waals surface area contributed by atoms with Crippen LogP contribution >= 0.6 is 0 Å². The SMILES string of the molecule is COc1cccc(C(CN=C(N)NCCCN2CCOCC2)N(C)C)c1. The van der Waals surface area contributed by atoms with Crippen molar-refractivity contribution in [3.05, 3.63) is 29.8 Å². The molecule has 0 radical (unpaired) electrons. The molecular weight excluding hydrogens is 330 g/mol. The lowest BCUT2D eigenvalue weighted by Gasteiger charge is -2.26. The van der Waals surface area contributed by atoms with Gasteiger partial charge in [0.15, 0.2) is 5.96 Å². The number of guanidine groups is 1. The number of hydrogen-bond donors (Lipinski definition) is 2. The standard InChI is InChI=1S/C19H33N5O2/c1-23(2)18(16-6-4-7-17(14-16)25-3)15-22-19(20)21-8-5-9-24-10-12-26-13-11-24/h4,6-7,14,18H,5,8-13,15H2,1-3H3,(H3,20,21,22). The third-order valence-corrected chi connectivity index (χ3v) is 4.60. The third kappa shape index (κ3) is 6.82. The average molecular weight is 364 g/mol. The zero-order valence-electron chi connectivity index (χ0n) is 16.3. The number of likely N-dealkylation sites (N-methyl/N-ethyl adjacent to an activating group) is 1. The lowest BCUT2D eigenvalue weighted by molar-refractivity contribution is 0.0376. The van der Waals surface area contributed by atoms with Gasteiger partial charge in [-0.2, -0.15) is 0 Å². The Morgan fingerprint density at radius 1 is 1.38 bits per heavy atom. The lowest BCUT2D eigenvalue weighted by atomic mass is 10.1. The Labute approximate surface area is 157 Å². The van der Waals surface area contributed by atoms with Gasteiger partial charge in [0.1, 0.15) is 5.75 Å². The molecule has 0 aromatic heterocycles. The minimum Gasteiger partial charge on any atom is -0.497 e. The molecule has 7 heteroatoms. The summed E-state index contributed by atoms with van der Waals surface area (Å²) in [5, 5.41) is 3.22. The van der Waals surface area contributed by atoms with Crippen LogP contribution in [0.3, 0.4) is 0 Å². The molecule has 1 aromatic carbocycles. The van der Waals surface area contributed by atoms with Crippen molar-refractivity contribution in [2.45, 2.75) is 12.5 Å². The zero-order chi connectivity index (χ0) is 18.8. The van der Waals surface area contributed by atoms with Crippen LogP contribution in [0.1, 0.15) is 18.0 Å². The van der Waals surface area contributed by atoms with Gasteiger partial charge in [0, 0.05) is 19.6 Å². The average Bonchev–Trinajstić information content (AvgIpc) is 2.66. The molecule has 2 rings (SSSR count). The van der Waals surface area contributed by atoms with Gasteiger partial charge in [-0.15, -0.1) is 0 Å². The van der Waals surface area contributed by atoms with Crippen LogP contribution < -0.4 is 15.8 Å². The van der Waals surface area contributed by atoms with Crippen molar-refractivity contribution in [3.8, 4) is 5.75 Å². The van der Waals surface area contributed by atoms with Gasteiger partial charge in [0.05, 0.1) is 32.9 Å². The Morgan fingerprint density at radius 2 is 2.15 bits per heavy atom. The fourth-order valence-corrected chi connectivity index (χ4v) is 3.00. The van der Waals surface area contributed by atoms with Crippen molar-refractivity contribution in [3.63, 3.8) is 0 Å². The smallest absolute Gasteiger partial charge is 0.188 e. The van der Waals surface area contributed by atoms with Crippen LogP contribution in [0.25, 0.3) is 0 Å². The highest BCUT2D eigenvalue weighted by Crippen LogP contribution is 2.22. The summed E-state index contributed by atoms with van der Waals surface area (Å²) in [4.78, 5) is 9.09.